The molecule has 1 aliphatic rings. The van der Waals surface area contributed by atoms with E-state index in [1.165, 1.54) is 44.3 Å². The van der Waals surface area contributed by atoms with Crippen molar-refractivity contribution < 1.29 is 0 Å². The molecule has 1 heterocycles. The highest BCUT2D eigenvalue weighted by atomic mass is 79.9. The van der Waals surface area contributed by atoms with Gasteiger partial charge >= 0.3 is 0 Å². The Balaban J connectivity index is 2.04. The number of hydrogen-bond donors (Lipinski definition) is 1. The molecule has 0 unspecified atom stereocenters. The molecule has 88 valence electrons. The quantitative estimate of drug-likeness (QED) is 0.843. The third kappa shape index (κ3) is 2.98. The molecule has 2 rings (SSSR count). The van der Waals surface area contributed by atoms with Gasteiger partial charge in [-0.1, -0.05) is 25.0 Å². The van der Waals surface area contributed by atoms with Gasteiger partial charge in [0.1, 0.15) is 0 Å². The average Bonchev–Trinajstić information content (AvgIpc) is 2.53. The normalized spacial score (nSPS) is 18.3. The predicted octanol–water partition coefficient (Wildman–Crippen LogP) is 3.41. The topological polar surface area (TPSA) is 29.3 Å². The Morgan fingerprint density at radius 2 is 1.81 bits per heavy atom. The van der Waals surface area contributed by atoms with Gasteiger partial charge in [0.2, 0.25) is 0 Å². The summed E-state index contributed by atoms with van der Waals surface area (Å²) in [6, 6.07) is 6.13. The molecular weight excluding hydrogens is 264 g/mol. The maximum atomic E-state index is 5.89. The summed E-state index contributed by atoms with van der Waals surface area (Å²) in [5, 5.41) is 0. The SMILES string of the molecule is Nc1cccc(CN2CCCCCC2)c1Br. The molecule has 0 aliphatic carbocycles. The van der Waals surface area contributed by atoms with Crippen LogP contribution in [-0.4, -0.2) is 18.0 Å². The van der Waals surface area contributed by atoms with Gasteiger partial charge in [-0.2, -0.15) is 0 Å². The lowest BCUT2D eigenvalue weighted by Gasteiger charge is -2.20. The monoisotopic (exact) mass is 282 g/mol. The summed E-state index contributed by atoms with van der Waals surface area (Å²) in [6.07, 6.45) is 5.43. The molecule has 0 bridgehead atoms. The molecule has 2 nitrogen and oxygen atoms in total. The van der Waals surface area contributed by atoms with Crippen molar-refractivity contribution in [2.45, 2.75) is 32.2 Å². The summed E-state index contributed by atoms with van der Waals surface area (Å²) in [6.45, 7) is 3.47. The molecule has 2 N–H and O–H groups in total. The van der Waals surface area contributed by atoms with E-state index in [0.717, 1.165) is 16.7 Å². The lowest BCUT2D eigenvalue weighted by molar-refractivity contribution is 0.276. The van der Waals surface area contributed by atoms with Gasteiger partial charge in [-0.15, -0.1) is 0 Å². The molecule has 1 aromatic carbocycles. The Kier molecular flexibility index (Phi) is 4.24. The number of hydrogen-bond acceptors (Lipinski definition) is 2. The zero-order chi connectivity index (χ0) is 11.4. The number of anilines is 1. The molecule has 1 aromatic rings. The van der Waals surface area contributed by atoms with Gasteiger partial charge in [0.15, 0.2) is 0 Å². The van der Waals surface area contributed by atoms with Gasteiger partial charge < -0.3 is 5.73 Å². The summed E-state index contributed by atoms with van der Waals surface area (Å²) in [5.74, 6) is 0. The summed E-state index contributed by atoms with van der Waals surface area (Å²) >= 11 is 3.57. The molecule has 0 radical (unpaired) electrons. The number of halogens is 1. The van der Waals surface area contributed by atoms with Crippen LogP contribution in [0.15, 0.2) is 22.7 Å². The van der Waals surface area contributed by atoms with E-state index >= 15 is 0 Å². The molecule has 16 heavy (non-hydrogen) atoms. The van der Waals surface area contributed by atoms with E-state index in [9.17, 15) is 0 Å². The molecule has 0 aromatic heterocycles. The minimum absolute atomic E-state index is 0.840. The van der Waals surface area contributed by atoms with Crippen LogP contribution in [0.25, 0.3) is 0 Å². The predicted molar refractivity (Wildman–Crippen MR) is 72.3 cm³/mol. The Morgan fingerprint density at radius 3 is 2.50 bits per heavy atom. The molecular formula is C13H19BrN2. The van der Waals surface area contributed by atoms with E-state index in [0.29, 0.717) is 0 Å². The zero-order valence-electron chi connectivity index (χ0n) is 9.58. The van der Waals surface area contributed by atoms with E-state index in [1.807, 2.05) is 12.1 Å². The van der Waals surface area contributed by atoms with Crippen LogP contribution >= 0.6 is 15.9 Å². The molecule has 0 saturated carbocycles. The third-order valence-corrected chi connectivity index (χ3v) is 4.17. The first kappa shape index (κ1) is 11.9. The van der Waals surface area contributed by atoms with Crippen molar-refractivity contribution >= 4 is 21.6 Å². The molecule has 0 spiro atoms. The van der Waals surface area contributed by atoms with Crippen molar-refractivity contribution in [3.05, 3.63) is 28.2 Å². The van der Waals surface area contributed by atoms with Crippen LogP contribution in [-0.2, 0) is 6.54 Å². The molecule has 1 fully saturated rings. The Labute approximate surface area is 106 Å². The maximum absolute atomic E-state index is 5.89. The summed E-state index contributed by atoms with van der Waals surface area (Å²) in [5.41, 5.74) is 8.04. The van der Waals surface area contributed by atoms with Crippen molar-refractivity contribution in [1.82, 2.24) is 4.90 Å². The first-order valence-electron chi connectivity index (χ1n) is 6.02. The number of benzene rings is 1. The minimum atomic E-state index is 0.840. The highest BCUT2D eigenvalue weighted by molar-refractivity contribution is 9.10. The van der Waals surface area contributed by atoms with E-state index in [4.69, 9.17) is 5.73 Å². The van der Waals surface area contributed by atoms with Crippen molar-refractivity contribution in [2.75, 3.05) is 18.8 Å². The zero-order valence-corrected chi connectivity index (χ0v) is 11.2. The van der Waals surface area contributed by atoms with Gasteiger partial charge in [0.25, 0.3) is 0 Å². The fourth-order valence-corrected chi connectivity index (χ4v) is 2.65. The van der Waals surface area contributed by atoms with Gasteiger partial charge in [0.05, 0.1) is 0 Å². The van der Waals surface area contributed by atoms with Crippen LogP contribution in [0.4, 0.5) is 5.69 Å². The number of nitrogens with two attached hydrogens (primary N) is 1. The third-order valence-electron chi connectivity index (χ3n) is 3.20. The highest BCUT2D eigenvalue weighted by Gasteiger charge is 2.11. The van der Waals surface area contributed by atoms with Crippen molar-refractivity contribution in [1.29, 1.82) is 0 Å². The lowest BCUT2D eigenvalue weighted by Crippen LogP contribution is -2.24. The van der Waals surface area contributed by atoms with Gasteiger partial charge in [0, 0.05) is 16.7 Å². The molecule has 1 saturated heterocycles. The van der Waals surface area contributed by atoms with Crippen LogP contribution in [0.2, 0.25) is 0 Å². The summed E-state index contributed by atoms with van der Waals surface area (Å²) in [7, 11) is 0. The molecule has 0 amide bonds. The second-order valence-electron chi connectivity index (χ2n) is 4.51. The largest absolute Gasteiger partial charge is 0.398 e. The fraction of sp³-hybridized carbons (Fsp3) is 0.538. The molecule has 1 aliphatic heterocycles. The Hall–Kier alpha value is -0.540. The second kappa shape index (κ2) is 5.69. The molecule has 0 atom stereocenters. The fourth-order valence-electron chi connectivity index (χ4n) is 2.26. The highest BCUT2D eigenvalue weighted by Crippen LogP contribution is 2.25. The van der Waals surface area contributed by atoms with E-state index < -0.39 is 0 Å². The minimum Gasteiger partial charge on any atom is -0.398 e. The first-order valence-corrected chi connectivity index (χ1v) is 6.82. The van der Waals surface area contributed by atoms with Gasteiger partial charge in [-0.05, 0) is 53.5 Å². The van der Waals surface area contributed by atoms with Crippen LogP contribution in [0.1, 0.15) is 31.2 Å². The summed E-state index contributed by atoms with van der Waals surface area (Å²) in [4.78, 5) is 2.53. The van der Waals surface area contributed by atoms with Gasteiger partial charge in [-0.25, -0.2) is 0 Å². The van der Waals surface area contributed by atoms with Crippen molar-refractivity contribution in [3.8, 4) is 0 Å². The smallest absolute Gasteiger partial charge is 0.0461 e. The average molecular weight is 283 g/mol. The Morgan fingerprint density at radius 1 is 1.12 bits per heavy atom. The van der Waals surface area contributed by atoms with Crippen LogP contribution < -0.4 is 5.73 Å². The maximum Gasteiger partial charge on any atom is 0.0461 e. The van der Waals surface area contributed by atoms with Crippen molar-refractivity contribution in [3.63, 3.8) is 0 Å². The first-order chi connectivity index (χ1) is 7.77. The van der Waals surface area contributed by atoms with Gasteiger partial charge in [-0.3, -0.25) is 4.90 Å². The van der Waals surface area contributed by atoms with Crippen LogP contribution in [0, 0.1) is 0 Å². The number of nitrogens with zero attached hydrogens (tertiary/aromatic N) is 1. The van der Waals surface area contributed by atoms with E-state index in [1.54, 1.807) is 0 Å². The van der Waals surface area contributed by atoms with E-state index in [2.05, 4.69) is 26.9 Å². The number of likely N-dealkylation sites (tertiary alicyclic amines) is 1. The Bertz CT molecular complexity index is 344. The molecule has 3 heteroatoms. The summed E-state index contributed by atoms with van der Waals surface area (Å²) < 4.78 is 1.07. The second-order valence-corrected chi connectivity index (χ2v) is 5.30. The van der Waals surface area contributed by atoms with Crippen LogP contribution in [0.5, 0.6) is 0 Å². The number of nitrogen functional groups attached to an aromatic ring is 1. The standard InChI is InChI=1S/C13H19BrN2/c14-13-11(6-5-7-12(13)15)10-16-8-3-1-2-4-9-16/h5-7H,1-4,8-10,15H2. The van der Waals surface area contributed by atoms with E-state index in [-0.39, 0.29) is 0 Å². The number of rotatable bonds is 2. The van der Waals surface area contributed by atoms with Crippen molar-refractivity contribution in [2.24, 2.45) is 0 Å². The lowest BCUT2D eigenvalue weighted by atomic mass is 10.2. The van der Waals surface area contributed by atoms with Crippen LogP contribution in [0.3, 0.4) is 0 Å².